The van der Waals surface area contributed by atoms with Gasteiger partial charge in [0.1, 0.15) is 0 Å². The van der Waals surface area contributed by atoms with Crippen molar-refractivity contribution in [2.75, 3.05) is 38.1 Å². The van der Waals surface area contributed by atoms with Crippen LogP contribution in [-0.4, -0.2) is 66.4 Å². The molecule has 25 heavy (non-hydrogen) atoms. The zero-order chi connectivity index (χ0) is 18.4. The van der Waals surface area contributed by atoms with Crippen molar-refractivity contribution in [1.29, 1.82) is 0 Å². The average Bonchev–Trinajstić information content (AvgIpc) is 2.61. The second-order valence-electron chi connectivity index (χ2n) is 6.02. The van der Waals surface area contributed by atoms with Gasteiger partial charge in [0.25, 0.3) is 0 Å². The smallest absolute Gasteiger partial charge is 0.409 e. The minimum atomic E-state index is -0.308. The van der Waals surface area contributed by atoms with Gasteiger partial charge in [-0.2, -0.15) is 0 Å². The van der Waals surface area contributed by atoms with Crippen LogP contribution in [0.3, 0.4) is 0 Å². The van der Waals surface area contributed by atoms with Crippen molar-refractivity contribution >= 4 is 23.5 Å². The SMILES string of the molecule is CCOC(=O)N1CCN([C@@H](C)C(=O)Nc2ccc(C(C)=O)cc2)CC1. The molecule has 1 heterocycles. The van der Waals surface area contributed by atoms with Gasteiger partial charge >= 0.3 is 6.09 Å². The molecule has 1 saturated heterocycles. The number of rotatable bonds is 5. The summed E-state index contributed by atoms with van der Waals surface area (Å²) in [6, 6.07) is 6.53. The molecule has 7 heteroatoms. The van der Waals surface area contributed by atoms with Gasteiger partial charge < -0.3 is 15.0 Å². The molecule has 0 radical (unpaired) electrons. The van der Waals surface area contributed by atoms with E-state index in [-0.39, 0.29) is 23.8 Å². The van der Waals surface area contributed by atoms with Gasteiger partial charge in [0, 0.05) is 37.4 Å². The lowest BCUT2D eigenvalue weighted by Crippen LogP contribution is -2.54. The number of nitrogens with zero attached hydrogens (tertiary/aromatic N) is 2. The molecule has 0 spiro atoms. The van der Waals surface area contributed by atoms with Crippen LogP contribution < -0.4 is 5.32 Å². The number of carbonyl (C=O) groups excluding carboxylic acids is 3. The molecule has 7 nitrogen and oxygen atoms in total. The Balaban J connectivity index is 1.86. The largest absolute Gasteiger partial charge is 0.450 e. The van der Waals surface area contributed by atoms with E-state index in [1.165, 1.54) is 6.92 Å². The highest BCUT2D eigenvalue weighted by molar-refractivity contribution is 5.97. The number of hydrogen-bond acceptors (Lipinski definition) is 5. The van der Waals surface area contributed by atoms with Crippen molar-refractivity contribution in [3.63, 3.8) is 0 Å². The number of ether oxygens (including phenoxy) is 1. The summed E-state index contributed by atoms with van der Waals surface area (Å²) in [6.45, 7) is 7.83. The standard InChI is InChI=1S/C18H25N3O4/c1-4-25-18(24)21-11-9-20(10-12-21)13(2)17(23)19-16-7-5-15(6-8-16)14(3)22/h5-8,13H,4,9-12H2,1-3H3,(H,19,23)/t13-/m0/s1. The second-order valence-corrected chi connectivity index (χ2v) is 6.02. The van der Waals surface area contributed by atoms with Gasteiger partial charge in [-0.3, -0.25) is 14.5 Å². The molecule has 1 aliphatic heterocycles. The molecule has 0 saturated carbocycles. The predicted octanol–water partition coefficient (Wildman–Crippen LogP) is 1.99. The van der Waals surface area contributed by atoms with E-state index in [2.05, 4.69) is 5.32 Å². The van der Waals surface area contributed by atoms with E-state index in [1.54, 1.807) is 36.1 Å². The van der Waals surface area contributed by atoms with E-state index in [1.807, 2.05) is 11.8 Å². The quantitative estimate of drug-likeness (QED) is 0.824. The Hall–Kier alpha value is -2.41. The minimum absolute atomic E-state index is 0.00860. The molecule has 1 atom stereocenters. The summed E-state index contributed by atoms with van der Waals surface area (Å²) in [6.07, 6.45) is -0.301. The maximum atomic E-state index is 12.4. The summed E-state index contributed by atoms with van der Waals surface area (Å²) in [5.41, 5.74) is 1.27. The lowest BCUT2D eigenvalue weighted by molar-refractivity contribution is -0.121. The topological polar surface area (TPSA) is 79.0 Å². The van der Waals surface area contributed by atoms with Gasteiger partial charge in [-0.15, -0.1) is 0 Å². The zero-order valence-corrected chi connectivity index (χ0v) is 14.9. The first-order chi connectivity index (χ1) is 11.9. The lowest BCUT2D eigenvalue weighted by Gasteiger charge is -2.36. The number of nitrogens with one attached hydrogen (secondary N) is 1. The number of anilines is 1. The molecule has 0 bridgehead atoms. The first kappa shape index (κ1) is 18.9. The number of benzene rings is 1. The van der Waals surface area contributed by atoms with Crippen LogP contribution in [0.15, 0.2) is 24.3 Å². The van der Waals surface area contributed by atoms with Gasteiger partial charge in [0.15, 0.2) is 5.78 Å². The van der Waals surface area contributed by atoms with Crippen molar-refractivity contribution in [1.82, 2.24) is 9.80 Å². The Morgan fingerprint density at radius 1 is 1.12 bits per heavy atom. The van der Waals surface area contributed by atoms with Crippen LogP contribution in [0.4, 0.5) is 10.5 Å². The first-order valence-corrected chi connectivity index (χ1v) is 8.50. The molecule has 2 amide bonds. The molecule has 136 valence electrons. The van der Waals surface area contributed by atoms with E-state index >= 15 is 0 Å². The third-order valence-electron chi connectivity index (χ3n) is 4.33. The molecule has 2 rings (SSSR count). The molecule has 0 aromatic heterocycles. The third kappa shape index (κ3) is 5.03. The summed E-state index contributed by atoms with van der Waals surface area (Å²) in [7, 11) is 0. The van der Waals surface area contributed by atoms with E-state index in [0.29, 0.717) is 44.0 Å². The molecule has 1 aromatic carbocycles. The number of piperazine rings is 1. The van der Waals surface area contributed by atoms with Crippen LogP contribution in [-0.2, 0) is 9.53 Å². The fourth-order valence-electron chi connectivity index (χ4n) is 2.71. The highest BCUT2D eigenvalue weighted by Gasteiger charge is 2.28. The number of ketones is 1. The van der Waals surface area contributed by atoms with Gasteiger partial charge in [-0.05, 0) is 45.0 Å². The van der Waals surface area contributed by atoms with E-state index < -0.39 is 0 Å². The molecular formula is C18H25N3O4. The third-order valence-corrected chi connectivity index (χ3v) is 4.33. The Labute approximate surface area is 147 Å². The normalized spacial score (nSPS) is 16.2. The Morgan fingerprint density at radius 3 is 2.24 bits per heavy atom. The Bertz CT molecular complexity index is 622. The van der Waals surface area contributed by atoms with Gasteiger partial charge in [0.2, 0.25) is 5.91 Å². The fraction of sp³-hybridized carbons (Fsp3) is 0.500. The van der Waals surface area contributed by atoms with Crippen LogP contribution >= 0.6 is 0 Å². The second kappa shape index (κ2) is 8.62. The minimum Gasteiger partial charge on any atom is -0.450 e. The maximum Gasteiger partial charge on any atom is 0.409 e. The molecule has 0 unspecified atom stereocenters. The van der Waals surface area contributed by atoms with Crippen LogP contribution in [0.2, 0.25) is 0 Å². The molecule has 1 N–H and O–H groups in total. The van der Waals surface area contributed by atoms with Crippen molar-refractivity contribution < 1.29 is 19.1 Å². The number of Topliss-reactive ketones (excluding diaryl/α,β-unsaturated/α-hetero) is 1. The van der Waals surface area contributed by atoms with Crippen molar-refractivity contribution in [3.05, 3.63) is 29.8 Å². The number of amides is 2. The first-order valence-electron chi connectivity index (χ1n) is 8.50. The summed E-state index contributed by atoms with van der Waals surface area (Å²) in [4.78, 5) is 39.1. The number of carbonyl (C=O) groups is 3. The van der Waals surface area contributed by atoms with Gasteiger partial charge in [-0.25, -0.2) is 4.79 Å². The van der Waals surface area contributed by atoms with Crippen molar-refractivity contribution in [2.45, 2.75) is 26.8 Å². The Kier molecular flexibility index (Phi) is 6.52. The summed E-state index contributed by atoms with van der Waals surface area (Å²) in [5.74, 6) is -0.120. The zero-order valence-electron chi connectivity index (χ0n) is 14.9. The van der Waals surface area contributed by atoms with E-state index in [9.17, 15) is 14.4 Å². The van der Waals surface area contributed by atoms with Crippen molar-refractivity contribution in [2.24, 2.45) is 0 Å². The highest BCUT2D eigenvalue weighted by atomic mass is 16.6. The summed E-state index contributed by atoms with van der Waals surface area (Å²) >= 11 is 0. The highest BCUT2D eigenvalue weighted by Crippen LogP contribution is 2.13. The molecule has 0 aliphatic carbocycles. The predicted molar refractivity (Wildman–Crippen MR) is 94.7 cm³/mol. The fourth-order valence-corrected chi connectivity index (χ4v) is 2.71. The van der Waals surface area contributed by atoms with Crippen LogP contribution in [0.1, 0.15) is 31.1 Å². The monoisotopic (exact) mass is 347 g/mol. The molecular weight excluding hydrogens is 322 g/mol. The van der Waals surface area contributed by atoms with E-state index in [4.69, 9.17) is 4.74 Å². The molecule has 1 aliphatic rings. The van der Waals surface area contributed by atoms with Crippen LogP contribution in [0.25, 0.3) is 0 Å². The van der Waals surface area contributed by atoms with Gasteiger partial charge in [-0.1, -0.05) is 0 Å². The van der Waals surface area contributed by atoms with Gasteiger partial charge in [0.05, 0.1) is 12.6 Å². The summed E-state index contributed by atoms with van der Waals surface area (Å²) in [5, 5.41) is 2.86. The van der Waals surface area contributed by atoms with Crippen LogP contribution in [0.5, 0.6) is 0 Å². The van der Waals surface area contributed by atoms with Crippen molar-refractivity contribution in [3.8, 4) is 0 Å². The van der Waals surface area contributed by atoms with Crippen LogP contribution in [0, 0.1) is 0 Å². The Morgan fingerprint density at radius 2 is 1.72 bits per heavy atom. The molecule has 1 fully saturated rings. The number of hydrogen-bond donors (Lipinski definition) is 1. The molecule has 1 aromatic rings. The summed E-state index contributed by atoms with van der Waals surface area (Å²) < 4.78 is 5.00. The maximum absolute atomic E-state index is 12.4. The lowest BCUT2D eigenvalue weighted by atomic mass is 10.1. The average molecular weight is 347 g/mol. The van der Waals surface area contributed by atoms with E-state index in [0.717, 1.165) is 0 Å².